The van der Waals surface area contributed by atoms with Gasteiger partial charge in [-0.1, -0.05) is 13.8 Å². The van der Waals surface area contributed by atoms with Gasteiger partial charge in [0.2, 0.25) is 0 Å². The maximum Gasteiger partial charge on any atom is 0.180 e. The van der Waals surface area contributed by atoms with Gasteiger partial charge >= 0.3 is 0 Å². The van der Waals surface area contributed by atoms with E-state index in [4.69, 9.17) is 4.98 Å². The van der Waals surface area contributed by atoms with Crippen molar-refractivity contribution in [3.63, 3.8) is 0 Å². The third-order valence-electron chi connectivity index (χ3n) is 4.50. The summed E-state index contributed by atoms with van der Waals surface area (Å²) in [6, 6.07) is 0. The van der Waals surface area contributed by atoms with Crippen LogP contribution in [0.3, 0.4) is 0 Å². The van der Waals surface area contributed by atoms with Crippen LogP contribution >= 0.6 is 0 Å². The predicted molar refractivity (Wildman–Crippen MR) is 86.9 cm³/mol. The highest BCUT2D eigenvalue weighted by molar-refractivity contribution is 5.67. The Morgan fingerprint density at radius 1 is 1.33 bits per heavy atom. The van der Waals surface area contributed by atoms with Gasteiger partial charge in [-0.25, -0.2) is 9.97 Å². The summed E-state index contributed by atoms with van der Waals surface area (Å²) in [5.41, 5.74) is 0.958. The van der Waals surface area contributed by atoms with Crippen molar-refractivity contribution in [3.05, 3.63) is 18.6 Å². The molecule has 1 fully saturated rings. The number of piperidine rings is 1. The molecule has 1 saturated heterocycles. The topological polar surface area (TPSA) is 45.5 Å². The third kappa shape index (κ3) is 2.82. The first-order chi connectivity index (χ1) is 10.2. The molecule has 0 bridgehead atoms. The lowest BCUT2D eigenvalue weighted by atomic mass is 9.87. The Labute approximate surface area is 126 Å². The highest BCUT2D eigenvalue weighted by atomic mass is 15.2. The van der Waals surface area contributed by atoms with Crippen LogP contribution in [0.15, 0.2) is 18.6 Å². The molecule has 0 spiro atoms. The van der Waals surface area contributed by atoms with Crippen LogP contribution in [-0.4, -0.2) is 34.0 Å². The Morgan fingerprint density at radius 2 is 2.10 bits per heavy atom. The van der Waals surface area contributed by atoms with E-state index in [0.717, 1.165) is 48.8 Å². The van der Waals surface area contributed by atoms with Gasteiger partial charge in [-0.2, -0.15) is 0 Å². The number of anilines is 2. The standard InChI is InChI=1S/C16H25N5/c1-4-17-14-11-21-10-7-18-15(21)16(19-14)20-8-5-13(6-9-20)12(2)3/h7,10-13,17H,4-6,8-9H2,1-3H3. The number of imidazole rings is 1. The van der Waals surface area contributed by atoms with E-state index in [9.17, 15) is 0 Å². The Kier molecular flexibility index (Phi) is 3.99. The zero-order valence-electron chi connectivity index (χ0n) is 13.2. The average Bonchev–Trinajstić information content (AvgIpc) is 2.95. The minimum atomic E-state index is 0.777. The fraction of sp³-hybridized carbons (Fsp3) is 0.625. The number of hydrogen-bond acceptors (Lipinski definition) is 4. The van der Waals surface area contributed by atoms with Gasteiger partial charge in [0.25, 0.3) is 0 Å². The second-order valence-electron chi connectivity index (χ2n) is 6.21. The highest BCUT2D eigenvalue weighted by Gasteiger charge is 2.24. The van der Waals surface area contributed by atoms with Gasteiger partial charge in [-0.3, -0.25) is 0 Å². The van der Waals surface area contributed by atoms with Crippen LogP contribution in [0.1, 0.15) is 33.6 Å². The van der Waals surface area contributed by atoms with Crippen LogP contribution in [0.5, 0.6) is 0 Å². The zero-order valence-corrected chi connectivity index (χ0v) is 13.2. The van der Waals surface area contributed by atoms with Crippen molar-refractivity contribution in [2.75, 3.05) is 29.9 Å². The summed E-state index contributed by atoms with van der Waals surface area (Å²) in [5, 5.41) is 3.31. The minimum absolute atomic E-state index is 0.777. The number of fused-ring (bicyclic) bond motifs is 1. The fourth-order valence-corrected chi connectivity index (χ4v) is 3.17. The van der Waals surface area contributed by atoms with E-state index in [1.165, 1.54) is 12.8 Å². The summed E-state index contributed by atoms with van der Waals surface area (Å²) in [5.74, 6) is 3.55. The van der Waals surface area contributed by atoms with Gasteiger partial charge in [-0.15, -0.1) is 0 Å². The van der Waals surface area contributed by atoms with Crippen LogP contribution in [0.4, 0.5) is 11.6 Å². The lowest BCUT2D eigenvalue weighted by Crippen LogP contribution is -2.36. The van der Waals surface area contributed by atoms with E-state index in [0.29, 0.717) is 0 Å². The summed E-state index contributed by atoms with van der Waals surface area (Å²) in [6.07, 6.45) is 8.34. The smallest absolute Gasteiger partial charge is 0.180 e. The van der Waals surface area contributed by atoms with Crippen molar-refractivity contribution < 1.29 is 0 Å². The Balaban J connectivity index is 1.87. The SMILES string of the molecule is CCNc1cn2ccnc2c(N2CCC(C(C)C)CC2)n1. The second-order valence-corrected chi connectivity index (χ2v) is 6.21. The van der Waals surface area contributed by atoms with Crippen LogP contribution < -0.4 is 10.2 Å². The molecule has 5 nitrogen and oxygen atoms in total. The molecule has 2 aromatic heterocycles. The molecule has 1 N–H and O–H groups in total. The molecule has 0 unspecified atom stereocenters. The fourth-order valence-electron chi connectivity index (χ4n) is 3.17. The van der Waals surface area contributed by atoms with Crippen molar-refractivity contribution in [3.8, 4) is 0 Å². The van der Waals surface area contributed by atoms with Gasteiger partial charge in [0, 0.05) is 32.0 Å². The van der Waals surface area contributed by atoms with E-state index in [-0.39, 0.29) is 0 Å². The Bertz CT molecular complexity index is 596. The molecule has 114 valence electrons. The molecule has 1 aliphatic heterocycles. The Morgan fingerprint density at radius 3 is 2.76 bits per heavy atom. The average molecular weight is 287 g/mol. The van der Waals surface area contributed by atoms with Crippen LogP contribution in [0.2, 0.25) is 0 Å². The summed E-state index contributed by atoms with van der Waals surface area (Å²) in [4.78, 5) is 11.7. The maximum atomic E-state index is 4.79. The molecule has 0 atom stereocenters. The molecule has 21 heavy (non-hydrogen) atoms. The molecule has 0 amide bonds. The van der Waals surface area contributed by atoms with E-state index in [2.05, 4.69) is 40.4 Å². The lowest BCUT2D eigenvalue weighted by molar-refractivity contribution is 0.311. The van der Waals surface area contributed by atoms with E-state index >= 15 is 0 Å². The molecular formula is C16H25N5. The molecule has 0 saturated carbocycles. The molecule has 2 aromatic rings. The number of rotatable bonds is 4. The number of nitrogens with one attached hydrogen (secondary N) is 1. The first-order valence-corrected chi connectivity index (χ1v) is 8.01. The molecule has 0 aromatic carbocycles. The molecular weight excluding hydrogens is 262 g/mol. The normalized spacial score (nSPS) is 16.9. The molecule has 5 heteroatoms. The minimum Gasteiger partial charge on any atom is -0.369 e. The van der Waals surface area contributed by atoms with Gasteiger partial charge in [0.1, 0.15) is 5.82 Å². The molecule has 0 aliphatic carbocycles. The number of aromatic nitrogens is 3. The first kappa shape index (κ1) is 14.2. The second kappa shape index (κ2) is 5.92. The van der Waals surface area contributed by atoms with Crippen LogP contribution in [-0.2, 0) is 0 Å². The monoisotopic (exact) mass is 287 g/mol. The summed E-state index contributed by atoms with van der Waals surface area (Å²) < 4.78 is 2.06. The van der Waals surface area contributed by atoms with Crippen molar-refractivity contribution in [2.45, 2.75) is 33.6 Å². The van der Waals surface area contributed by atoms with Gasteiger partial charge in [0.05, 0.1) is 6.20 Å². The molecule has 3 rings (SSSR count). The maximum absolute atomic E-state index is 4.79. The molecule has 1 aliphatic rings. The quantitative estimate of drug-likeness (QED) is 0.939. The predicted octanol–water partition coefficient (Wildman–Crippen LogP) is 3.03. The van der Waals surface area contributed by atoms with Gasteiger partial charge < -0.3 is 14.6 Å². The lowest BCUT2D eigenvalue weighted by Gasteiger charge is -2.34. The summed E-state index contributed by atoms with van der Waals surface area (Å²) >= 11 is 0. The highest BCUT2D eigenvalue weighted by Crippen LogP contribution is 2.29. The summed E-state index contributed by atoms with van der Waals surface area (Å²) in [6.45, 7) is 9.78. The molecule has 0 radical (unpaired) electrons. The van der Waals surface area contributed by atoms with Crippen molar-refractivity contribution in [2.24, 2.45) is 11.8 Å². The number of hydrogen-bond donors (Lipinski definition) is 1. The van der Waals surface area contributed by atoms with E-state index in [1.807, 2.05) is 18.6 Å². The van der Waals surface area contributed by atoms with Crippen molar-refractivity contribution >= 4 is 17.3 Å². The largest absolute Gasteiger partial charge is 0.369 e. The van der Waals surface area contributed by atoms with E-state index in [1.54, 1.807) is 0 Å². The van der Waals surface area contributed by atoms with Crippen molar-refractivity contribution in [1.82, 2.24) is 14.4 Å². The first-order valence-electron chi connectivity index (χ1n) is 8.01. The van der Waals surface area contributed by atoms with Crippen LogP contribution in [0.25, 0.3) is 5.65 Å². The van der Waals surface area contributed by atoms with E-state index < -0.39 is 0 Å². The Hall–Kier alpha value is -1.78. The zero-order chi connectivity index (χ0) is 14.8. The number of nitrogens with zero attached hydrogens (tertiary/aromatic N) is 4. The van der Waals surface area contributed by atoms with Gasteiger partial charge in [-0.05, 0) is 31.6 Å². The summed E-state index contributed by atoms with van der Waals surface area (Å²) in [7, 11) is 0. The third-order valence-corrected chi connectivity index (χ3v) is 4.50. The molecule has 3 heterocycles. The van der Waals surface area contributed by atoms with Gasteiger partial charge in [0.15, 0.2) is 11.5 Å². The van der Waals surface area contributed by atoms with Crippen LogP contribution in [0, 0.1) is 11.8 Å². The van der Waals surface area contributed by atoms with Crippen molar-refractivity contribution in [1.29, 1.82) is 0 Å².